The first kappa shape index (κ1) is 17.6. The quantitative estimate of drug-likeness (QED) is 0.842. The summed E-state index contributed by atoms with van der Waals surface area (Å²) in [6.45, 7) is 2.09. The number of sulfonamides is 1. The molecular weight excluding hydrogens is 340 g/mol. The van der Waals surface area contributed by atoms with E-state index in [0.29, 0.717) is 18.2 Å². The molecule has 7 nitrogen and oxygen atoms in total. The Morgan fingerprint density at radius 1 is 1.20 bits per heavy atom. The lowest BCUT2D eigenvalue weighted by molar-refractivity contribution is 0.398. The van der Waals surface area contributed by atoms with E-state index in [-0.39, 0.29) is 4.90 Å². The monoisotopic (exact) mass is 362 g/mol. The highest BCUT2D eigenvalue weighted by molar-refractivity contribution is 7.89. The third-order valence-corrected chi connectivity index (χ3v) is 5.78. The molecule has 0 amide bonds. The molecule has 0 saturated carbocycles. The zero-order valence-electron chi connectivity index (χ0n) is 14.1. The molecule has 1 aromatic carbocycles. The van der Waals surface area contributed by atoms with Crippen molar-refractivity contribution in [2.45, 2.75) is 17.7 Å². The highest BCUT2D eigenvalue weighted by Crippen LogP contribution is 2.21. The van der Waals surface area contributed by atoms with Gasteiger partial charge in [0.25, 0.3) is 0 Å². The number of methoxy groups -OCH3 is 1. The van der Waals surface area contributed by atoms with Crippen molar-refractivity contribution in [2.24, 2.45) is 5.92 Å². The van der Waals surface area contributed by atoms with Crippen LogP contribution in [0.4, 0.5) is 5.95 Å². The van der Waals surface area contributed by atoms with Crippen LogP contribution in [0.3, 0.4) is 0 Å². The molecule has 1 aliphatic heterocycles. The van der Waals surface area contributed by atoms with E-state index in [1.807, 2.05) is 0 Å². The number of hydrogen-bond acceptors (Lipinski definition) is 6. The van der Waals surface area contributed by atoms with Crippen molar-refractivity contribution in [3.05, 3.63) is 42.7 Å². The predicted molar refractivity (Wildman–Crippen MR) is 95.2 cm³/mol. The molecule has 134 valence electrons. The Labute approximate surface area is 148 Å². The van der Waals surface area contributed by atoms with E-state index >= 15 is 0 Å². The highest BCUT2D eigenvalue weighted by atomic mass is 32.2. The van der Waals surface area contributed by atoms with Crippen LogP contribution in [0, 0.1) is 5.92 Å². The zero-order chi connectivity index (χ0) is 17.7. The van der Waals surface area contributed by atoms with Gasteiger partial charge < -0.3 is 9.64 Å². The Morgan fingerprint density at radius 2 is 1.92 bits per heavy atom. The number of ether oxygens (including phenoxy) is 1. The summed E-state index contributed by atoms with van der Waals surface area (Å²) in [5, 5.41) is 0. The number of benzene rings is 1. The summed E-state index contributed by atoms with van der Waals surface area (Å²) < 4.78 is 32.7. The van der Waals surface area contributed by atoms with Crippen molar-refractivity contribution in [1.29, 1.82) is 0 Å². The van der Waals surface area contributed by atoms with E-state index < -0.39 is 10.0 Å². The first-order valence-corrected chi connectivity index (χ1v) is 9.72. The van der Waals surface area contributed by atoms with Crippen molar-refractivity contribution in [3.8, 4) is 5.75 Å². The average molecular weight is 362 g/mol. The SMILES string of the molecule is COc1cccc(S(=O)(=O)NCC2CCN(c3ncccn3)CC2)c1. The first-order valence-electron chi connectivity index (χ1n) is 8.24. The molecule has 2 aromatic rings. The molecule has 0 radical (unpaired) electrons. The fraction of sp³-hybridized carbons (Fsp3) is 0.412. The fourth-order valence-corrected chi connectivity index (χ4v) is 4.02. The molecule has 0 spiro atoms. The molecule has 1 aromatic heterocycles. The number of nitrogens with zero attached hydrogens (tertiary/aromatic N) is 3. The Balaban J connectivity index is 1.54. The van der Waals surface area contributed by atoms with E-state index in [0.717, 1.165) is 31.9 Å². The van der Waals surface area contributed by atoms with Crippen molar-refractivity contribution in [1.82, 2.24) is 14.7 Å². The van der Waals surface area contributed by atoms with Crippen LogP contribution in [-0.2, 0) is 10.0 Å². The summed E-state index contributed by atoms with van der Waals surface area (Å²) in [4.78, 5) is 10.9. The van der Waals surface area contributed by atoms with Gasteiger partial charge >= 0.3 is 0 Å². The lowest BCUT2D eigenvalue weighted by Crippen LogP contribution is -2.39. The van der Waals surface area contributed by atoms with Gasteiger partial charge in [-0.2, -0.15) is 0 Å². The van der Waals surface area contributed by atoms with E-state index in [2.05, 4.69) is 19.6 Å². The van der Waals surface area contributed by atoms with E-state index in [1.54, 1.807) is 36.7 Å². The Hall–Kier alpha value is -2.19. The molecular formula is C17H22N4O3S. The number of nitrogens with one attached hydrogen (secondary N) is 1. The molecule has 0 unspecified atom stereocenters. The Morgan fingerprint density at radius 3 is 2.60 bits per heavy atom. The van der Waals surface area contributed by atoms with Crippen molar-refractivity contribution >= 4 is 16.0 Å². The number of aromatic nitrogens is 2. The molecule has 1 aliphatic rings. The maximum atomic E-state index is 12.4. The van der Waals surface area contributed by atoms with Gasteiger partial charge in [0.05, 0.1) is 12.0 Å². The number of hydrogen-bond donors (Lipinski definition) is 1. The van der Waals surface area contributed by atoms with Gasteiger partial charge in [0.2, 0.25) is 16.0 Å². The number of anilines is 1. The van der Waals surface area contributed by atoms with Gasteiger partial charge in [-0.15, -0.1) is 0 Å². The molecule has 2 heterocycles. The van der Waals surface area contributed by atoms with Crippen LogP contribution < -0.4 is 14.4 Å². The number of piperidine rings is 1. The maximum Gasteiger partial charge on any atom is 0.240 e. The van der Waals surface area contributed by atoms with Gasteiger partial charge in [0, 0.05) is 38.1 Å². The third-order valence-electron chi connectivity index (χ3n) is 4.36. The van der Waals surface area contributed by atoms with E-state index in [4.69, 9.17) is 4.74 Å². The standard InChI is InChI=1S/C17H22N4O3S/c1-24-15-4-2-5-16(12-15)25(22,23)20-13-14-6-10-21(11-7-14)17-18-8-3-9-19-17/h2-5,8-9,12,14,20H,6-7,10-11,13H2,1H3. The lowest BCUT2D eigenvalue weighted by Gasteiger charge is -2.31. The number of rotatable bonds is 6. The smallest absolute Gasteiger partial charge is 0.240 e. The minimum absolute atomic E-state index is 0.224. The third kappa shape index (κ3) is 4.46. The lowest BCUT2D eigenvalue weighted by atomic mass is 9.97. The minimum Gasteiger partial charge on any atom is -0.497 e. The summed E-state index contributed by atoms with van der Waals surface area (Å²) in [6, 6.07) is 8.29. The second-order valence-corrected chi connectivity index (χ2v) is 7.78. The van der Waals surface area contributed by atoms with Gasteiger partial charge in [-0.1, -0.05) is 6.07 Å². The molecule has 8 heteroatoms. The summed E-state index contributed by atoms with van der Waals surface area (Å²) in [5.41, 5.74) is 0. The Kier molecular flexibility index (Phi) is 5.50. The van der Waals surface area contributed by atoms with Gasteiger partial charge in [0.1, 0.15) is 5.75 Å². The van der Waals surface area contributed by atoms with Crippen LogP contribution in [0.25, 0.3) is 0 Å². The summed E-state index contributed by atoms with van der Waals surface area (Å²) in [6.07, 6.45) is 5.27. The van der Waals surface area contributed by atoms with Crippen molar-refractivity contribution in [3.63, 3.8) is 0 Å². The molecule has 1 saturated heterocycles. The second-order valence-electron chi connectivity index (χ2n) is 6.01. The second kappa shape index (κ2) is 7.79. The summed E-state index contributed by atoms with van der Waals surface area (Å²) >= 11 is 0. The van der Waals surface area contributed by atoms with Crippen LogP contribution in [0.2, 0.25) is 0 Å². The highest BCUT2D eigenvalue weighted by Gasteiger charge is 2.23. The average Bonchev–Trinajstić information content (AvgIpc) is 2.67. The van der Waals surface area contributed by atoms with Crippen molar-refractivity contribution < 1.29 is 13.2 Å². The fourth-order valence-electron chi connectivity index (χ4n) is 2.87. The van der Waals surface area contributed by atoms with Gasteiger partial charge in [-0.25, -0.2) is 23.1 Å². The van der Waals surface area contributed by atoms with Crippen LogP contribution >= 0.6 is 0 Å². The molecule has 0 aliphatic carbocycles. The first-order chi connectivity index (χ1) is 12.1. The predicted octanol–water partition coefficient (Wildman–Crippen LogP) is 1.68. The molecule has 1 fully saturated rings. The van der Waals surface area contributed by atoms with Crippen molar-refractivity contribution in [2.75, 3.05) is 31.6 Å². The molecule has 25 heavy (non-hydrogen) atoms. The van der Waals surface area contributed by atoms with Crippen LogP contribution in [0.15, 0.2) is 47.6 Å². The summed E-state index contributed by atoms with van der Waals surface area (Å²) in [7, 11) is -2.01. The Bertz CT molecular complexity index is 791. The van der Waals surface area contributed by atoms with Gasteiger partial charge in [-0.05, 0) is 37.0 Å². The molecule has 3 rings (SSSR count). The van der Waals surface area contributed by atoms with Crippen LogP contribution in [0.5, 0.6) is 5.75 Å². The maximum absolute atomic E-state index is 12.4. The van der Waals surface area contributed by atoms with Crippen LogP contribution in [0.1, 0.15) is 12.8 Å². The van der Waals surface area contributed by atoms with Gasteiger partial charge in [0.15, 0.2) is 0 Å². The van der Waals surface area contributed by atoms with Gasteiger partial charge in [-0.3, -0.25) is 0 Å². The minimum atomic E-state index is -3.53. The largest absolute Gasteiger partial charge is 0.497 e. The molecule has 0 atom stereocenters. The van der Waals surface area contributed by atoms with E-state index in [9.17, 15) is 8.42 Å². The normalized spacial score (nSPS) is 16.0. The van der Waals surface area contributed by atoms with E-state index in [1.165, 1.54) is 13.2 Å². The topological polar surface area (TPSA) is 84.4 Å². The van der Waals surface area contributed by atoms with Crippen LogP contribution in [-0.4, -0.2) is 45.1 Å². The zero-order valence-corrected chi connectivity index (χ0v) is 14.9. The molecule has 0 bridgehead atoms. The summed E-state index contributed by atoms with van der Waals surface area (Å²) in [5.74, 6) is 1.57. The molecule has 1 N–H and O–H groups in total.